The van der Waals surface area contributed by atoms with Crippen LogP contribution in [0.3, 0.4) is 0 Å². The van der Waals surface area contributed by atoms with Crippen molar-refractivity contribution in [3.05, 3.63) is 16.6 Å². The predicted molar refractivity (Wildman–Crippen MR) is 111 cm³/mol. The van der Waals surface area contributed by atoms with Crippen molar-refractivity contribution in [1.29, 1.82) is 0 Å². The summed E-state index contributed by atoms with van der Waals surface area (Å²) >= 11 is 0. The van der Waals surface area contributed by atoms with Gasteiger partial charge in [0.15, 0.2) is 0 Å². The molecule has 4 rings (SSSR count). The first-order chi connectivity index (χ1) is 12.9. The van der Waals surface area contributed by atoms with E-state index in [2.05, 4.69) is 38.9 Å². The van der Waals surface area contributed by atoms with Gasteiger partial charge < -0.3 is 4.74 Å². The van der Waals surface area contributed by atoms with Gasteiger partial charge in [0.25, 0.3) is 0 Å². The van der Waals surface area contributed by atoms with Crippen LogP contribution in [0.5, 0.6) is 0 Å². The Morgan fingerprint density at radius 2 is 1.93 bits per heavy atom. The van der Waals surface area contributed by atoms with Gasteiger partial charge in [0, 0.05) is 6.61 Å². The number of allylic oxidation sites excluding steroid dienone is 1. The largest absolute Gasteiger partial charge is 0.378 e. The lowest BCUT2D eigenvalue weighted by atomic mass is 9.47. The number of hydrogen-bond donors (Lipinski definition) is 0. The summed E-state index contributed by atoms with van der Waals surface area (Å²) in [6, 6.07) is 0. The van der Waals surface area contributed by atoms with E-state index in [0.717, 1.165) is 43.6 Å². The first-order valence-corrected chi connectivity index (χ1v) is 11.5. The van der Waals surface area contributed by atoms with Crippen LogP contribution in [0.1, 0.15) is 91.9 Å². The molecule has 0 aliphatic heterocycles. The van der Waals surface area contributed by atoms with Crippen LogP contribution < -0.4 is 0 Å². The van der Waals surface area contributed by atoms with E-state index in [0.29, 0.717) is 16.9 Å². The molecule has 4 aliphatic rings. The monoisotopic (exact) mass is 373 g/mol. The Hall–Kier alpha value is -0.700. The van der Waals surface area contributed by atoms with Crippen LogP contribution in [0.15, 0.2) is 16.8 Å². The lowest BCUT2D eigenvalue weighted by Crippen LogP contribution is -2.52. The molecule has 0 bridgehead atoms. The van der Waals surface area contributed by atoms with Crippen LogP contribution in [0.25, 0.3) is 0 Å². The summed E-state index contributed by atoms with van der Waals surface area (Å²) in [5.41, 5.74) is 1.86. The van der Waals surface area contributed by atoms with Crippen LogP contribution in [0.2, 0.25) is 0 Å². The summed E-state index contributed by atoms with van der Waals surface area (Å²) in [6.07, 6.45) is 14.9. The fourth-order valence-electron chi connectivity index (χ4n) is 7.48. The van der Waals surface area contributed by atoms with Gasteiger partial charge in [-0.05, 0) is 93.3 Å². The van der Waals surface area contributed by atoms with Crippen molar-refractivity contribution in [2.75, 3.05) is 6.61 Å². The zero-order valence-electron chi connectivity index (χ0n) is 17.9. The second kappa shape index (κ2) is 6.97. The summed E-state index contributed by atoms with van der Waals surface area (Å²) in [6.45, 7) is 10.3. The van der Waals surface area contributed by atoms with Crippen molar-refractivity contribution < 1.29 is 4.74 Å². The van der Waals surface area contributed by atoms with Crippen LogP contribution in [0, 0.1) is 33.5 Å². The quantitative estimate of drug-likeness (QED) is 0.307. The molecular formula is C24H39NO2. The summed E-state index contributed by atoms with van der Waals surface area (Å²) in [5.74, 6) is 2.42. The van der Waals surface area contributed by atoms with E-state index in [9.17, 15) is 4.91 Å². The molecule has 0 aromatic rings. The molecule has 4 aliphatic carbocycles. The maximum atomic E-state index is 11.4. The average Bonchev–Trinajstić information content (AvgIpc) is 2.99. The Balaban J connectivity index is 1.54. The average molecular weight is 374 g/mol. The Morgan fingerprint density at radius 1 is 1.11 bits per heavy atom. The van der Waals surface area contributed by atoms with E-state index in [-0.39, 0.29) is 5.54 Å². The molecule has 0 N–H and O–H groups in total. The van der Waals surface area contributed by atoms with Gasteiger partial charge in [0.2, 0.25) is 0 Å². The minimum Gasteiger partial charge on any atom is -0.378 e. The highest BCUT2D eigenvalue weighted by atomic mass is 16.5. The third-order valence-electron chi connectivity index (χ3n) is 9.33. The number of rotatable bonds is 5. The molecule has 3 nitrogen and oxygen atoms in total. The molecule has 0 amide bonds. The highest BCUT2D eigenvalue weighted by Gasteiger charge is 2.59. The molecule has 27 heavy (non-hydrogen) atoms. The van der Waals surface area contributed by atoms with E-state index in [1.807, 2.05) is 0 Å². The molecular weight excluding hydrogens is 334 g/mol. The molecule has 0 radical (unpaired) electrons. The fourth-order valence-corrected chi connectivity index (χ4v) is 7.48. The molecule has 0 aromatic carbocycles. The van der Waals surface area contributed by atoms with E-state index in [4.69, 9.17) is 4.74 Å². The molecule has 152 valence electrons. The zero-order chi connectivity index (χ0) is 19.3. The lowest BCUT2D eigenvalue weighted by Gasteiger charge is -2.58. The topological polar surface area (TPSA) is 38.7 Å². The molecule has 3 heteroatoms. The van der Waals surface area contributed by atoms with Crippen LogP contribution in [-0.2, 0) is 4.74 Å². The van der Waals surface area contributed by atoms with E-state index in [1.54, 1.807) is 5.57 Å². The van der Waals surface area contributed by atoms with Crippen molar-refractivity contribution in [2.45, 2.75) is 104 Å². The number of nitroso groups, excluding NO2 is 1. The van der Waals surface area contributed by atoms with E-state index in [1.165, 1.54) is 44.9 Å². The highest BCUT2D eigenvalue weighted by Crippen LogP contribution is 2.66. The maximum absolute atomic E-state index is 11.4. The van der Waals surface area contributed by atoms with Gasteiger partial charge in [-0.1, -0.05) is 44.0 Å². The molecule has 0 heterocycles. The van der Waals surface area contributed by atoms with E-state index < -0.39 is 0 Å². The third kappa shape index (κ3) is 3.03. The highest BCUT2D eigenvalue weighted by molar-refractivity contribution is 5.27. The number of hydrogen-bond acceptors (Lipinski definition) is 3. The van der Waals surface area contributed by atoms with Gasteiger partial charge >= 0.3 is 0 Å². The minimum absolute atomic E-state index is 0.301. The van der Waals surface area contributed by atoms with Crippen LogP contribution in [0.4, 0.5) is 0 Å². The first kappa shape index (κ1) is 19.6. The maximum Gasteiger partial charge on any atom is 0.104 e. The van der Waals surface area contributed by atoms with Crippen molar-refractivity contribution in [2.24, 2.45) is 33.8 Å². The summed E-state index contributed by atoms with van der Waals surface area (Å²) in [7, 11) is 0. The molecule has 3 fully saturated rings. The minimum atomic E-state index is -0.368. The molecule has 0 aromatic heterocycles. The van der Waals surface area contributed by atoms with Gasteiger partial charge in [-0.25, -0.2) is 0 Å². The van der Waals surface area contributed by atoms with Gasteiger partial charge in [0.05, 0.1) is 6.10 Å². The van der Waals surface area contributed by atoms with Gasteiger partial charge in [-0.15, -0.1) is 0 Å². The number of fused-ring (bicyclic) bond motifs is 5. The van der Waals surface area contributed by atoms with Gasteiger partial charge in [0.1, 0.15) is 5.54 Å². The first-order valence-electron chi connectivity index (χ1n) is 11.5. The third-order valence-corrected chi connectivity index (χ3v) is 9.33. The molecule has 6 unspecified atom stereocenters. The molecule has 7 atom stereocenters. The normalized spacial score (nSPS) is 49.0. The second-order valence-corrected chi connectivity index (χ2v) is 10.9. The van der Waals surface area contributed by atoms with Crippen molar-refractivity contribution in [3.8, 4) is 0 Å². The Bertz CT molecular complexity index is 616. The van der Waals surface area contributed by atoms with Gasteiger partial charge in [-0.2, -0.15) is 4.91 Å². The van der Waals surface area contributed by atoms with Crippen LogP contribution >= 0.6 is 0 Å². The fraction of sp³-hybridized carbons (Fsp3) is 0.917. The number of unbranched alkanes of at least 4 members (excludes halogenated alkanes) is 1. The number of nitrogens with zero attached hydrogens (tertiary/aromatic N) is 1. The van der Waals surface area contributed by atoms with Crippen LogP contribution in [-0.4, -0.2) is 18.2 Å². The SMILES string of the molecule is CCCCOC1CCC2C3CC=C4C[C@@](C)(N=O)CCC4(C)C3CCC12C. The van der Waals surface area contributed by atoms with Gasteiger partial charge in [-0.3, -0.25) is 0 Å². The van der Waals surface area contributed by atoms with Crippen molar-refractivity contribution >= 4 is 0 Å². The zero-order valence-corrected chi connectivity index (χ0v) is 17.9. The van der Waals surface area contributed by atoms with E-state index >= 15 is 0 Å². The lowest BCUT2D eigenvalue weighted by molar-refractivity contribution is -0.0920. The summed E-state index contributed by atoms with van der Waals surface area (Å²) in [4.78, 5) is 11.4. The van der Waals surface area contributed by atoms with Crippen molar-refractivity contribution in [1.82, 2.24) is 0 Å². The standard InChI is InChI=1S/C24H39NO2/c1-5-6-15-27-21-10-9-19-18-8-7-17-16-22(2,25-26)13-14-23(17,3)20(18)11-12-24(19,21)4/h7,18-21H,5-6,8-16H2,1-4H3/t18?,19?,20?,21?,22-,23?,24?/m0/s1. The molecule has 0 saturated heterocycles. The molecule has 0 spiro atoms. The summed E-state index contributed by atoms with van der Waals surface area (Å²) in [5, 5.41) is 3.51. The Morgan fingerprint density at radius 3 is 2.67 bits per heavy atom. The predicted octanol–water partition coefficient (Wildman–Crippen LogP) is 6.66. The van der Waals surface area contributed by atoms with Crippen molar-refractivity contribution in [3.63, 3.8) is 0 Å². The number of ether oxygens (including phenoxy) is 1. The smallest absolute Gasteiger partial charge is 0.104 e. The second-order valence-electron chi connectivity index (χ2n) is 10.9. The Kier molecular flexibility index (Phi) is 5.06. The summed E-state index contributed by atoms with van der Waals surface area (Å²) < 4.78 is 6.41. The Labute approximate surface area is 165 Å². The molecule has 3 saturated carbocycles.